The van der Waals surface area contributed by atoms with Gasteiger partial charge in [-0.3, -0.25) is 14.2 Å². The van der Waals surface area contributed by atoms with Gasteiger partial charge < -0.3 is 4.74 Å². The first-order valence-corrected chi connectivity index (χ1v) is 10.1. The number of benzene rings is 1. The number of carbonyl (C=O) groups is 1. The fourth-order valence-corrected chi connectivity index (χ4v) is 4.39. The van der Waals surface area contributed by atoms with Gasteiger partial charge in [0.1, 0.15) is 4.83 Å². The Balaban J connectivity index is 2.03. The number of hydrogen-bond donors (Lipinski definition) is 0. The zero-order valence-corrected chi connectivity index (χ0v) is 16.8. The monoisotopic (exact) mass is 388 g/mol. The molecular weight excluding hydrogens is 368 g/mol. The number of rotatable bonds is 5. The standard InChI is InChI=1S/C19H20N2O3S2/c1-5-24-15(22)10-26-19-20-17-16(18(23)21(19)4)14(9-25-17)13-7-6-11(2)12(3)8-13/h6-9H,5,10H2,1-4H3. The first-order valence-electron chi connectivity index (χ1n) is 8.26. The molecule has 0 amide bonds. The molecule has 0 aliphatic carbocycles. The van der Waals surface area contributed by atoms with Crippen LogP contribution in [0.15, 0.2) is 33.5 Å². The molecule has 0 bridgehead atoms. The average molecular weight is 389 g/mol. The average Bonchev–Trinajstić information content (AvgIpc) is 3.03. The van der Waals surface area contributed by atoms with Crippen molar-refractivity contribution in [2.45, 2.75) is 25.9 Å². The van der Waals surface area contributed by atoms with E-state index in [9.17, 15) is 9.59 Å². The van der Waals surface area contributed by atoms with E-state index in [4.69, 9.17) is 4.74 Å². The molecule has 7 heteroatoms. The smallest absolute Gasteiger partial charge is 0.316 e. The van der Waals surface area contributed by atoms with Gasteiger partial charge in [-0.25, -0.2) is 4.98 Å². The summed E-state index contributed by atoms with van der Waals surface area (Å²) in [5.74, 6) is -0.177. The van der Waals surface area contributed by atoms with Crippen LogP contribution in [0.3, 0.4) is 0 Å². The Morgan fingerprint density at radius 1 is 1.31 bits per heavy atom. The molecule has 0 aliphatic heterocycles. The normalized spacial score (nSPS) is 11.1. The second-order valence-electron chi connectivity index (χ2n) is 5.98. The number of ether oxygens (including phenoxy) is 1. The second-order valence-corrected chi connectivity index (χ2v) is 7.78. The van der Waals surface area contributed by atoms with Crippen molar-refractivity contribution in [3.05, 3.63) is 45.1 Å². The number of nitrogens with zero attached hydrogens (tertiary/aromatic N) is 2. The van der Waals surface area contributed by atoms with Crippen LogP contribution in [0.2, 0.25) is 0 Å². The molecule has 26 heavy (non-hydrogen) atoms. The first kappa shape index (κ1) is 18.7. The summed E-state index contributed by atoms with van der Waals surface area (Å²) in [6.45, 7) is 6.24. The lowest BCUT2D eigenvalue weighted by Crippen LogP contribution is -2.20. The van der Waals surface area contributed by atoms with E-state index in [2.05, 4.69) is 31.0 Å². The maximum absolute atomic E-state index is 12.9. The number of carbonyl (C=O) groups excluding carboxylic acids is 1. The minimum atomic E-state index is -0.311. The first-order chi connectivity index (χ1) is 12.4. The van der Waals surface area contributed by atoms with Crippen LogP contribution >= 0.6 is 23.1 Å². The second kappa shape index (κ2) is 7.63. The van der Waals surface area contributed by atoms with E-state index in [0.29, 0.717) is 22.0 Å². The number of thioether (sulfide) groups is 1. The minimum Gasteiger partial charge on any atom is -0.465 e. The maximum Gasteiger partial charge on any atom is 0.316 e. The molecule has 136 valence electrons. The summed E-state index contributed by atoms with van der Waals surface area (Å²) < 4.78 is 6.44. The van der Waals surface area contributed by atoms with Gasteiger partial charge in [0.05, 0.1) is 17.7 Å². The van der Waals surface area contributed by atoms with Gasteiger partial charge in [0.25, 0.3) is 5.56 Å². The summed E-state index contributed by atoms with van der Waals surface area (Å²) in [6.07, 6.45) is 0. The minimum absolute atomic E-state index is 0.101. The van der Waals surface area contributed by atoms with Crippen molar-refractivity contribution in [3.8, 4) is 11.1 Å². The Bertz CT molecular complexity index is 1040. The molecule has 5 nitrogen and oxygen atoms in total. The summed E-state index contributed by atoms with van der Waals surface area (Å²) in [5.41, 5.74) is 4.23. The lowest BCUT2D eigenvalue weighted by atomic mass is 10.0. The highest BCUT2D eigenvalue weighted by Crippen LogP contribution is 2.32. The number of aromatic nitrogens is 2. The molecule has 3 aromatic rings. The molecule has 2 aromatic heterocycles. The Kier molecular flexibility index (Phi) is 5.48. The van der Waals surface area contributed by atoms with Crippen molar-refractivity contribution in [1.29, 1.82) is 0 Å². The summed E-state index contributed by atoms with van der Waals surface area (Å²) in [4.78, 5) is 29.8. The molecule has 2 heterocycles. The third-order valence-corrected chi connectivity index (χ3v) is 6.09. The van der Waals surface area contributed by atoms with Crippen LogP contribution in [0.1, 0.15) is 18.1 Å². The van der Waals surface area contributed by atoms with Crippen LogP contribution < -0.4 is 5.56 Å². The molecule has 0 spiro atoms. The number of aryl methyl sites for hydroxylation is 2. The van der Waals surface area contributed by atoms with Gasteiger partial charge in [-0.15, -0.1) is 11.3 Å². The van der Waals surface area contributed by atoms with Crippen molar-refractivity contribution in [3.63, 3.8) is 0 Å². The molecule has 1 aromatic carbocycles. The lowest BCUT2D eigenvalue weighted by molar-refractivity contribution is -0.139. The van der Waals surface area contributed by atoms with E-state index < -0.39 is 0 Å². The van der Waals surface area contributed by atoms with Crippen LogP contribution in [0.25, 0.3) is 21.3 Å². The van der Waals surface area contributed by atoms with E-state index >= 15 is 0 Å². The molecule has 0 N–H and O–H groups in total. The highest BCUT2D eigenvalue weighted by molar-refractivity contribution is 7.99. The van der Waals surface area contributed by atoms with Gasteiger partial charge in [0.15, 0.2) is 5.16 Å². The number of fused-ring (bicyclic) bond motifs is 1. The predicted octanol–water partition coefficient (Wildman–Crippen LogP) is 3.93. The Morgan fingerprint density at radius 2 is 2.08 bits per heavy atom. The maximum atomic E-state index is 12.9. The summed E-state index contributed by atoms with van der Waals surface area (Å²) >= 11 is 2.66. The molecule has 0 saturated carbocycles. The highest BCUT2D eigenvalue weighted by Gasteiger charge is 2.17. The fraction of sp³-hybridized carbons (Fsp3) is 0.316. The Labute approximate surface area is 160 Å². The lowest BCUT2D eigenvalue weighted by Gasteiger charge is -2.08. The van der Waals surface area contributed by atoms with Gasteiger partial charge in [-0.05, 0) is 37.5 Å². The summed E-state index contributed by atoms with van der Waals surface area (Å²) in [7, 11) is 1.68. The van der Waals surface area contributed by atoms with Crippen molar-refractivity contribution < 1.29 is 9.53 Å². The van der Waals surface area contributed by atoms with Crippen molar-refractivity contribution in [2.75, 3.05) is 12.4 Å². The van der Waals surface area contributed by atoms with Gasteiger partial charge in [0, 0.05) is 18.0 Å². The molecule has 0 unspecified atom stereocenters. The molecule has 0 saturated heterocycles. The van der Waals surface area contributed by atoms with E-state index in [1.165, 1.54) is 38.8 Å². The van der Waals surface area contributed by atoms with E-state index in [0.717, 1.165) is 11.1 Å². The van der Waals surface area contributed by atoms with Crippen LogP contribution in [0.5, 0.6) is 0 Å². The zero-order valence-electron chi connectivity index (χ0n) is 15.2. The van der Waals surface area contributed by atoms with E-state index in [1.54, 1.807) is 14.0 Å². The van der Waals surface area contributed by atoms with Crippen LogP contribution in [-0.4, -0.2) is 27.9 Å². The highest BCUT2D eigenvalue weighted by atomic mass is 32.2. The molecule has 0 atom stereocenters. The molecular formula is C19H20N2O3S2. The van der Waals surface area contributed by atoms with Crippen molar-refractivity contribution in [1.82, 2.24) is 9.55 Å². The van der Waals surface area contributed by atoms with Crippen LogP contribution in [0, 0.1) is 13.8 Å². The van der Waals surface area contributed by atoms with Gasteiger partial charge in [-0.1, -0.05) is 30.0 Å². The number of esters is 1. The third-order valence-electron chi connectivity index (χ3n) is 4.22. The number of hydrogen-bond acceptors (Lipinski definition) is 6. The van der Waals surface area contributed by atoms with Gasteiger partial charge in [-0.2, -0.15) is 0 Å². The molecule has 0 fully saturated rings. The van der Waals surface area contributed by atoms with E-state index in [1.807, 2.05) is 11.4 Å². The fourth-order valence-electron chi connectivity index (χ4n) is 2.63. The van der Waals surface area contributed by atoms with E-state index in [-0.39, 0.29) is 17.3 Å². The topological polar surface area (TPSA) is 61.2 Å². The van der Waals surface area contributed by atoms with Gasteiger partial charge >= 0.3 is 5.97 Å². The van der Waals surface area contributed by atoms with Crippen LogP contribution in [0.4, 0.5) is 0 Å². The largest absolute Gasteiger partial charge is 0.465 e. The predicted molar refractivity (Wildman–Crippen MR) is 107 cm³/mol. The summed E-state index contributed by atoms with van der Waals surface area (Å²) in [6, 6.07) is 6.20. The Hall–Kier alpha value is -2.12. The third kappa shape index (κ3) is 3.54. The van der Waals surface area contributed by atoms with Crippen molar-refractivity contribution >= 4 is 39.3 Å². The SMILES string of the molecule is CCOC(=O)CSc1nc2scc(-c3ccc(C)c(C)c3)c2c(=O)n1C. The summed E-state index contributed by atoms with van der Waals surface area (Å²) in [5, 5.41) is 3.12. The van der Waals surface area contributed by atoms with Gasteiger partial charge in [0.2, 0.25) is 0 Å². The molecule has 3 rings (SSSR count). The zero-order chi connectivity index (χ0) is 18.8. The van der Waals surface area contributed by atoms with Crippen molar-refractivity contribution in [2.24, 2.45) is 7.05 Å². The Morgan fingerprint density at radius 3 is 2.77 bits per heavy atom. The quantitative estimate of drug-likeness (QED) is 0.376. The van der Waals surface area contributed by atoms with Crippen LogP contribution in [-0.2, 0) is 16.6 Å². The number of thiophene rings is 1. The molecule has 0 radical (unpaired) electrons. The molecule has 0 aliphatic rings.